The Bertz CT molecular complexity index is 137. The second-order valence-corrected chi connectivity index (χ2v) is 2.95. The third-order valence-electron chi connectivity index (χ3n) is 2.00. The lowest BCUT2D eigenvalue weighted by Gasteiger charge is -2.25. The molecule has 0 saturated carbocycles. The molecule has 0 aromatic carbocycles. The highest BCUT2D eigenvalue weighted by Crippen LogP contribution is 2.25. The first-order chi connectivity index (χ1) is 5.30. The highest BCUT2D eigenvalue weighted by Gasteiger charge is 2.43. The van der Waals surface area contributed by atoms with Gasteiger partial charge in [0.2, 0.25) is 0 Å². The van der Waals surface area contributed by atoms with Crippen molar-refractivity contribution in [2.75, 3.05) is 0 Å². The second kappa shape index (κ2) is 4.09. The van der Waals surface area contributed by atoms with Crippen LogP contribution in [-0.2, 0) is 0 Å². The Labute approximate surface area is 69.6 Å². The van der Waals surface area contributed by atoms with E-state index in [2.05, 4.69) is 0 Å². The van der Waals surface area contributed by atoms with E-state index in [1.165, 1.54) is 0 Å². The van der Waals surface area contributed by atoms with Gasteiger partial charge in [-0.25, -0.2) is 0 Å². The molecule has 0 unspecified atom stereocenters. The summed E-state index contributed by atoms with van der Waals surface area (Å²) in [6.45, 7) is 3.31. The lowest BCUT2D eigenvalue weighted by atomic mass is 9.95. The van der Waals surface area contributed by atoms with Crippen molar-refractivity contribution < 1.29 is 18.3 Å². The van der Waals surface area contributed by atoms with Crippen molar-refractivity contribution >= 4 is 0 Å². The Morgan fingerprint density at radius 1 is 1.42 bits per heavy atom. The molecule has 0 aromatic rings. The van der Waals surface area contributed by atoms with Gasteiger partial charge in [-0.3, -0.25) is 0 Å². The summed E-state index contributed by atoms with van der Waals surface area (Å²) in [6.07, 6.45) is -6.50. The molecule has 0 bridgehead atoms. The van der Waals surface area contributed by atoms with Gasteiger partial charge >= 0.3 is 6.18 Å². The van der Waals surface area contributed by atoms with E-state index in [4.69, 9.17) is 10.8 Å². The lowest BCUT2D eigenvalue weighted by molar-refractivity contribution is -0.212. The number of halogens is 3. The fourth-order valence-corrected chi connectivity index (χ4v) is 0.802. The van der Waals surface area contributed by atoms with Crippen LogP contribution in [0.2, 0.25) is 0 Å². The Kier molecular flexibility index (Phi) is 3.99. The molecule has 0 aliphatic rings. The van der Waals surface area contributed by atoms with Crippen molar-refractivity contribution in [3.63, 3.8) is 0 Å². The van der Waals surface area contributed by atoms with Crippen molar-refractivity contribution in [3.8, 4) is 0 Å². The number of alkyl halides is 3. The summed E-state index contributed by atoms with van der Waals surface area (Å²) >= 11 is 0. The molecular weight excluding hydrogens is 171 g/mol. The first kappa shape index (κ1) is 11.7. The number of hydrogen-bond donors (Lipinski definition) is 2. The molecule has 0 aliphatic heterocycles. The monoisotopic (exact) mass is 185 g/mol. The minimum absolute atomic E-state index is 0.332. The van der Waals surface area contributed by atoms with E-state index >= 15 is 0 Å². The van der Waals surface area contributed by atoms with Crippen LogP contribution >= 0.6 is 0 Å². The van der Waals surface area contributed by atoms with Crippen LogP contribution in [0.3, 0.4) is 0 Å². The summed E-state index contributed by atoms with van der Waals surface area (Å²) in [4.78, 5) is 0. The number of hydrogen-bond acceptors (Lipinski definition) is 2. The van der Waals surface area contributed by atoms with Gasteiger partial charge in [0, 0.05) is 6.04 Å². The van der Waals surface area contributed by atoms with Crippen molar-refractivity contribution in [2.24, 2.45) is 11.7 Å². The van der Waals surface area contributed by atoms with Gasteiger partial charge in [-0.2, -0.15) is 13.2 Å². The highest BCUT2D eigenvalue weighted by molar-refractivity contribution is 4.81. The SMILES string of the molecule is CC[C@H](C)[C@@H](N)[C@@H](O)C(F)(F)F. The molecule has 0 heterocycles. The predicted molar refractivity (Wildman–Crippen MR) is 39.5 cm³/mol. The van der Waals surface area contributed by atoms with Crippen molar-refractivity contribution in [1.82, 2.24) is 0 Å². The van der Waals surface area contributed by atoms with E-state index in [1.54, 1.807) is 13.8 Å². The molecule has 0 aromatic heterocycles. The molecule has 12 heavy (non-hydrogen) atoms. The van der Waals surface area contributed by atoms with Crippen LogP contribution in [0.15, 0.2) is 0 Å². The van der Waals surface area contributed by atoms with Crippen molar-refractivity contribution in [1.29, 1.82) is 0 Å². The van der Waals surface area contributed by atoms with E-state index < -0.39 is 18.3 Å². The molecule has 0 rings (SSSR count). The standard InChI is InChI=1S/C7H14F3NO/c1-3-4(2)5(11)6(12)7(8,9)10/h4-6,12H,3,11H2,1-2H3/t4-,5+,6+/m0/s1. The predicted octanol–water partition coefficient (Wildman–Crippen LogP) is 1.28. The van der Waals surface area contributed by atoms with E-state index in [9.17, 15) is 13.2 Å². The fraction of sp³-hybridized carbons (Fsp3) is 1.00. The summed E-state index contributed by atoms with van der Waals surface area (Å²) in [5, 5.41) is 8.71. The second-order valence-electron chi connectivity index (χ2n) is 2.95. The summed E-state index contributed by atoms with van der Waals surface area (Å²) in [5.74, 6) is -0.332. The van der Waals surface area contributed by atoms with Crippen LogP contribution in [0, 0.1) is 5.92 Å². The molecular formula is C7H14F3NO. The molecule has 5 heteroatoms. The molecule has 74 valence electrons. The molecule has 0 fully saturated rings. The Hall–Kier alpha value is -0.290. The maximum absolute atomic E-state index is 11.9. The zero-order valence-corrected chi connectivity index (χ0v) is 7.10. The van der Waals surface area contributed by atoms with Gasteiger partial charge in [-0.15, -0.1) is 0 Å². The molecule has 3 N–H and O–H groups in total. The Balaban J connectivity index is 4.19. The molecule has 2 nitrogen and oxygen atoms in total. The van der Waals surface area contributed by atoms with Gasteiger partial charge in [0.1, 0.15) is 0 Å². The third-order valence-corrected chi connectivity index (χ3v) is 2.00. The summed E-state index contributed by atoms with van der Waals surface area (Å²) < 4.78 is 35.6. The molecule has 0 aliphatic carbocycles. The molecule has 0 spiro atoms. The van der Waals surface area contributed by atoms with Crippen LogP contribution in [0.4, 0.5) is 13.2 Å². The molecule has 0 radical (unpaired) electrons. The quantitative estimate of drug-likeness (QED) is 0.695. The van der Waals surface area contributed by atoms with E-state index in [-0.39, 0.29) is 5.92 Å². The summed E-state index contributed by atoms with van der Waals surface area (Å²) in [5.41, 5.74) is 5.19. The van der Waals surface area contributed by atoms with Crippen LogP contribution < -0.4 is 5.73 Å². The number of rotatable bonds is 3. The smallest absolute Gasteiger partial charge is 0.382 e. The van der Waals surface area contributed by atoms with E-state index in [0.29, 0.717) is 6.42 Å². The number of nitrogens with two attached hydrogens (primary N) is 1. The average molecular weight is 185 g/mol. The van der Waals surface area contributed by atoms with Gasteiger partial charge in [-0.05, 0) is 5.92 Å². The minimum atomic E-state index is -4.61. The maximum Gasteiger partial charge on any atom is 0.415 e. The third kappa shape index (κ3) is 2.98. The van der Waals surface area contributed by atoms with Gasteiger partial charge in [0.15, 0.2) is 6.10 Å². The number of aliphatic hydroxyl groups is 1. The van der Waals surface area contributed by atoms with Gasteiger partial charge < -0.3 is 10.8 Å². The average Bonchev–Trinajstić information content (AvgIpc) is 1.98. The van der Waals surface area contributed by atoms with E-state index in [0.717, 1.165) is 0 Å². The van der Waals surface area contributed by atoms with E-state index in [1.807, 2.05) is 0 Å². The van der Waals surface area contributed by atoms with Gasteiger partial charge in [0.05, 0.1) is 0 Å². The van der Waals surface area contributed by atoms with Gasteiger partial charge in [0.25, 0.3) is 0 Å². The Morgan fingerprint density at radius 3 is 2.08 bits per heavy atom. The van der Waals surface area contributed by atoms with Crippen LogP contribution in [0.25, 0.3) is 0 Å². The topological polar surface area (TPSA) is 46.2 Å². The molecule has 0 amide bonds. The zero-order chi connectivity index (χ0) is 9.94. The minimum Gasteiger partial charge on any atom is -0.382 e. The normalized spacial score (nSPS) is 20.2. The first-order valence-corrected chi connectivity index (χ1v) is 3.81. The van der Waals surface area contributed by atoms with Crippen molar-refractivity contribution in [2.45, 2.75) is 38.6 Å². The highest BCUT2D eigenvalue weighted by atomic mass is 19.4. The maximum atomic E-state index is 11.9. The summed E-state index contributed by atoms with van der Waals surface area (Å²) in [7, 11) is 0. The zero-order valence-electron chi connectivity index (χ0n) is 7.10. The molecule has 0 saturated heterocycles. The summed E-state index contributed by atoms with van der Waals surface area (Å²) in [6, 6.07) is -1.23. The number of aliphatic hydroxyl groups excluding tert-OH is 1. The Morgan fingerprint density at radius 2 is 1.83 bits per heavy atom. The van der Waals surface area contributed by atoms with Crippen LogP contribution in [0.1, 0.15) is 20.3 Å². The van der Waals surface area contributed by atoms with Crippen LogP contribution in [-0.4, -0.2) is 23.4 Å². The fourth-order valence-electron chi connectivity index (χ4n) is 0.802. The first-order valence-electron chi connectivity index (χ1n) is 3.81. The van der Waals surface area contributed by atoms with Crippen LogP contribution in [0.5, 0.6) is 0 Å². The van der Waals surface area contributed by atoms with Gasteiger partial charge in [-0.1, -0.05) is 20.3 Å². The lowest BCUT2D eigenvalue weighted by Crippen LogP contribution is -2.48. The molecule has 3 atom stereocenters. The largest absolute Gasteiger partial charge is 0.415 e. The van der Waals surface area contributed by atoms with Crippen molar-refractivity contribution in [3.05, 3.63) is 0 Å².